The van der Waals surface area contributed by atoms with E-state index in [1.165, 1.54) is 5.56 Å². The van der Waals surface area contributed by atoms with E-state index < -0.39 is 0 Å². The molecule has 0 aromatic heterocycles. The molecule has 1 aromatic rings. The number of hydrogen-bond acceptors (Lipinski definition) is 4. The van der Waals surface area contributed by atoms with Crippen LogP contribution in [0.4, 0.5) is 0 Å². The number of ether oxygens (including phenoxy) is 1. The molecule has 1 heterocycles. The highest BCUT2D eigenvalue weighted by Crippen LogP contribution is 2.19. The van der Waals surface area contributed by atoms with Gasteiger partial charge in [0.2, 0.25) is 0 Å². The maximum Gasteiger partial charge on any atom is 0.119 e. The SMILES string of the molecule is COc1cccc(CN2CCN(CC(C)C)[C@H](CCO)C2)c1. The van der Waals surface area contributed by atoms with E-state index in [9.17, 15) is 5.11 Å². The van der Waals surface area contributed by atoms with Gasteiger partial charge in [-0.2, -0.15) is 0 Å². The van der Waals surface area contributed by atoms with Crippen molar-refractivity contribution in [3.8, 4) is 5.75 Å². The molecule has 124 valence electrons. The molecule has 0 amide bonds. The summed E-state index contributed by atoms with van der Waals surface area (Å²) in [7, 11) is 1.71. The first-order chi connectivity index (χ1) is 10.6. The summed E-state index contributed by atoms with van der Waals surface area (Å²) in [6, 6.07) is 8.77. The zero-order valence-electron chi connectivity index (χ0n) is 14.2. The predicted molar refractivity (Wildman–Crippen MR) is 90.2 cm³/mol. The molecule has 1 aliphatic heterocycles. The first kappa shape index (κ1) is 17.3. The zero-order chi connectivity index (χ0) is 15.9. The van der Waals surface area contributed by atoms with Crippen LogP contribution in [0.1, 0.15) is 25.8 Å². The van der Waals surface area contributed by atoms with E-state index in [1.54, 1.807) is 7.11 Å². The summed E-state index contributed by atoms with van der Waals surface area (Å²) >= 11 is 0. The average molecular weight is 306 g/mol. The minimum absolute atomic E-state index is 0.270. The fourth-order valence-electron chi connectivity index (χ4n) is 3.26. The van der Waals surface area contributed by atoms with Crippen LogP contribution in [-0.4, -0.2) is 60.8 Å². The van der Waals surface area contributed by atoms with Crippen LogP contribution in [0.25, 0.3) is 0 Å². The van der Waals surface area contributed by atoms with Crippen molar-refractivity contribution >= 4 is 0 Å². The Labute approximate surface area is 134 Å². The second kappa shape index (κ2) is 8.51. The van der Waals surface area contributed by atoms with Crippen molar-refractivity contribution in [2.45, 2.75) is 32.9 Å². The van der Waals surface area contributed by atoms with Crippen molar-refractivity contribution in [3.05, 3.63) is 29.8 Å². The van der Waals surface area contributed by atoms with E-state index in [0.29, 0.717) is 12.0 Å². The van der Waals surface area contributed by atoms with Gasteiger partial charge in [0.25, 0.3) is 0 Å². The van der Waals surface area contributed by atoms with E-state index >= 15 is 0 Å². The molecule has 22 heavy (non-hydrogen) atoms. The molecule has 1 N–H and O–H groups in total. The molecule has 0 unspecified atom stereocenters. The van der Waals surface area contributed by atoms with Gasteiger partial charge >= 0.3 is 0 Å². The normalized spacial score (nSPS) is 20.5. The Hall–Kier alpha value is -1.10. The lowest BCUT2D eigenvalue weighted by Crippen LogP contribution is -2.53. The number of methoxy groups -OCH3 is 1. The Morgan fingerprint density at radius 1 is 1.32 bits per heavy atom. The molecule has 0 aliphatic carbocycles. The molecule has 1 fully saturated rings. The highest BCUT2D eigenvalue weighted by atomic mass is 16.5. The summed E-state index contributed by atoms with van der Waals surface area (Å²) in [6.07, 6.45) is 0.862. The lowest BCUT2D eigenvalue weighted by molar-refractivity contribution is 0.0476. The van der Waals surface area contributed by atoms with Crippen LogP contribution >= 0.6 is 0 Å². The maximum atomic E-state index is 9.35. The first-order valence-electron chi connectivity index (χ1n) is 8.32. The van der Waals surface area contributed by atoms with Gasteiger partial charge in [-0.1, -0.05) is 26.0 Å². The van der Waals surface area contributed by atoms with Crippen LogP contribution in [0.5, 0.6) is 5.75 Å². The number of rotatable bonds is 7. The van der Waals surface area contributed by atoms with Crippen molar-refractivity contribution < 1.29 is 9.84 Å². The molecular formula is C18H30N2O2. The van der Waals surface area contributed by atoms with Crippen LogP contribution in [-0.2, 0) is 6.54 Å². The molecular weight excluding hydrogens is 276 g/mol. The smallest absolute Gasteiger partial charge is 0.119 e. The maximum absolute atomic E-state index is 9.35. The number of nitrogens with zero attached hydrogens (tertiary/aromatic N) is 2. The molecule has 1 saturated heterocycles. The third kappa shape index (κ3) is 4.97. The Balaban J connectivity index is 1.95. The van der Waals surface area contributed by atoms with Crippen LogP contribution < -0.4 is 4.74 Å². The van der Waals surface area contributed by atoms with Crippen molar-refractivity contribution in [1.29, 1.82) is 0 Å². The van der Waals surface area contributed by atoms with E-state index in [0.717, 1.165) is 44.9 Å². The predicted octanol–water partition coefficient (Wildman–Crippen LogP) is 2.22. The molecule has 1 atom stereocenters. The van der Waals surface area contributed by atoms with Crippen LogP contribution in [0.2, 0.25) is 0 Å². The fraction of sp³-hybridized carbons (Fsp3) is 0.667. The lowest BCUT2D eigenvalue weighted by Gasteiger charge is -2.42. The molecule has 4 nitrogen and oxygen atoms in total. The largest absolute Gasteiger partial charge is 0.497 e. The summed E-state index contributed by atoms with van der Waals surface area (Å²) in [5, 5.41) is 9.35. The summed E-state index contributed by atoms with van der Waals surface area (Å²) in [4.78, 5) is 5.04. The minimum Gasteiger partial charge on any atom is -0.497 e. The molecule has 1 aliphatic rings. The fourth-order valence-corrected chi connectivity index (χ4v) is 3.26. The standard InChI is InChI=1S/C18H30N2O2/c1-15(2)12-20-9-8-19(14-17(20)7-10-21)13-16-5-4-6-18(11-16)22-3/h4-6,11,15,17,21H,7-10,12-14H2,1-3H3/t17-/m1/s1. The third-order valence-electron chi connectivity index (χ3n) is 4.29. The molecule has 0 radical (unpaired) electrons. The molecule has 0 spiro atoms. The van der Waals surface area contributed by atoms with Gasteiger partial charge < -0.3 is 9.84 Å². The quantitative estimate of drug-likeness (QED) is 0.838. The third-order valence-corrected chi connectivity index (χ3v) is 4.29. The number of benzene rings is 1. The average Bonchev–Trinajstić information content (AvgIpc) is 2.50. The number of aliphatic hydroxyl groups is 1. The van der Waals surface area contributed by atoms with Gasteiger partial charge in [0.1, 0.15) is 5.75 Å². The van der Waals surface area contributed by atoms with Crippen molar-refractivity contribution in [2.24, 2.45) is 5.92 Å². The summed E-state index contributed by atoms with van der Waals surface area (Å²) < 4.78 is 5.30. The molecule has 1 aromatic carbocycles. The first-order valence-corrected chi connectivity index (χ1v) is 8.32. The van der Waals surface area contributed by atoms with E-state index in [-0.39, 0.29) is 6.61 Å². The number of piperazine rings is 1. The zero-order valence-corrected chi connectivity index (χ0v) is 14.2. The van der Waals surface area contributed by atoms with Gasteiger partial charge in [0.05, 0.1) is 7.11 Å². The summed E-state index contributed by atoms with van der Waals surface area (Å²) in [6.45, 7) is 10.1. The van der Waals surface area contributed by atoms with E-state index in [2.05, 4.69) is 35.8 Å². The van der Waals surface area contributed by atoms with Gasteiger partial charge in [-0.05, 0) is 30.0 Å². The van der Waals surface area contributed by atoms with Crippen molar-refractivity contribution in [2.75, 3.05) is 39.9 Å². The summed E-state index contributed by atoms with van der Waals surface area (Å²) in [5.74, 6) is 1.59. The van der Waals surface area contributed by atoms with Gasteiger partial charge in [0.15, 0.2) is 0 Å². The molecule has 0 bridgehead atoms. The highest BCUT2D eigenvalue weighted by molar-refractivity contribution is 5.28. The van der Waals surface area contributed by atoms with E-state index in [1.807, 2.05) is 12.1 Å². The van der Waals surface area contributed by atoms with Gasteiger partial charge in [0, 0.05) is 45.4 Å². The van der Waals surface area contributed by atoms with Crippen molar-refractivity contribution in [3.63, 3.8) is 0 Å². The van der Waals surface area contributed by atoms with Crippen LogP contribution in [0, 0.1) is 5.92 Å². The molecule has 4 heteroatoms. The van der Waals surface area contributed by atoms with Crippen LogP contribution in [0.15, 0.2) is 24.3 Å². The van der Waals surface area contributed by atoms with Crippen molar-refractivity contribution in [1.82, 2.24) is 9.80 Å². The van der Waals surface area contributed by atoms with E-state index in [4.69, 9.17) is 4.74 Å². The van der Waals surface area contributed by atoms with Gasteiger partial charge in [-0.15, -0.1) is 0 Å². The Kier molecular flexibility index (Phi) is 6.68. The van der Waals surface area contributed by atoms with Gasteiger partial charge in [-0.3, -0.25) is 9.80 Å². The Bertz CT molecular complexity index is 450. The molecule has 0 saturated carbocycles. The second-order valence-electron chi connectivity index (χ2n) is 6.64. The summed E-state index contributed by atoms with van der Waals surface area (Å²) in [5.41, 5.74) is 1.29. The minimum atomic E-state index is 0.270. The second-order valence-corrected chi connectivity index (χ2v) is 6.64. The topological polar surface area (TPSA) is 35.9 Å². The number of hydrogen-bond donors (Lipinski definition) is 1. The van der Waals surface area contributed by atoms with Crippen LogP contribution in [0.3, 0.4) is 0 Å². The Morgan fingerprint density at radius 2 is 2.14 bits per heavy atom. The van der Waals surface area contributed by atoms with Gasteiger partial charge in [-0.25, -0.2) is 0 Å². The lowest BCUT2D eigenvalue weighted by atomic mass is 10.1. The monoisotopic (exact) mass is 306 g/mol. The highest BCUT2D eigenvalue weighted by Gasteiger charge is 2.26. The Morgan fingerprint density at radius 3 is 2.82 bits per heavy atom. The number of aliphatic hydroxyl groups excluding tert-OH is 1. The molecule has 2 rings (SSSR count).